The van der Waals surface area contributed by atoms with Crippen LogP contribution in [0.5, 0.6) is 0 Å². The molecule has 0 aromatic rings. The minimum Gasteiger partial charge on any atom is -0.459 e. The third-order valence-electron chi connectivity index (χ3n) is 6.94. The number of hydrogen-bond donors (Lipinski definition) is 0. The van der Waals surface area contributed by atoms with Crippen LogP contribution in [-0.2, 0) is 19.1 Å². The highest BCUT2D eigenvalue weighted by Crippen LogP contribution is 2.15. The van der Waals surface area contributed by atoms with Crippen LogP contribution in [0.2, 0.25) is 0 Å². The summed E-state index contributed by atoms with van der Waals surface area (Å²) in [5, 5.41) is 0. The number of amides is 1. The second-order valence-corrected chi connectivity index (χ2v) is 9.96. The molecule has 33 heavy (non-hydrogen) atoms. The van der Waals surface area contributed by atoms with E-state index in [4.69, 9.17) is 9.47 Å². The van der Waals surface area contributed by atoms with Crippen molar-refractivity contribution < 1.29 is 19.1 Å². The van der Waals surface area contributed by atoms with Gasteiger partial charge < -0.3 is 14.4 Å². The summed E-state index contributed by atoms with van der Waals surface area (Å²) in [7, 11) is 0. The first kappa shape index (κ1) is 28.1. The Morgan fingerprint density at radius 1 is 0.848 bits per heavy atom. The average Bonchev–Trinajstić information content (AvgIpc) is 3.21. The second-order valence-electron chi connectivity index (χ2n) is 9.96. The SMILES string of the molecule is CCCCCCCCCCCCCCCC(=O)O[C@H](CN1CCOCC1)CN1CCCC1=O. The molecule has 2 aliphatic rings. The molecule has 0 unspecified atom stereocenters. The highest BCUT2D eigenvalue weighted by molar-refractivity contribution is 5.78. The molecule has 1 amide bonds. The van der Waals surface area contributed by atoms with E-state index in [2.05, 4.69) is 11.8 Å². The van der Waals surface area contributed by atoms with Gasteiger partial charge in [0.15, 0.2) is 0 Å². The molecule has 2 aliphatic heterocycles. The van der Waals surface area contributed by atoms with Gasteiger partial charge >= 0.3 is 5.97 Å². The van der Waals surface area contributed by atoms with Crippen molar-refractivity contribution in [3.63, 3.8) is 0 Å². The zero-order valence-electron chi connectivity index (χ0n) is 21.4. The van der Waals surface area contributed by atoms with Crippen LogP contribution in [0.1, 0.15) is 110 Å². The first-order valence-corrected chi connectivity index (χ1v) is 14.0. The smallest absolute Gasteiger partial charge is 0.306 e. The Kier molecular flexibility index (Phi) is 15.5. The summed E-state index contributed by atoms with van der Waals surface area (Å²) >= 11 is 0. The molecular weight excluding hydrogens is 416 g/mol. The molecule has 6 heteroatoms. The van der Waals surface area contributed by atoms with Gasteiger partial charge in [0.25, 0.3) is 0 Å². The van der Waals surface area contributed by atoms with Crippen molar-refractivity contribution in [2.75, 3.05) is 45.9 Å². The van der Waals surface area contributed by atoms with E-state index in [0.29, 0.717) is 25.9 Å². The van der Waals surface area contributed by atoms with Crippen molar-refractivity contribution >= 4 is 11.9 Å². The zero-order valence-corrected chi connectivity index (χ0v) is 21.4. The van der Waals surface area contributed by atoms with Crippen molar-refractivity contribution in [1.82, 2.24) is 9.80 Å². The van der Waals surface area contributed by atoms with E-state index in [0.717, 1.165) is 52.1 Å². The van der Waals surface area contributed by atoms with Crippen LogP contribution in [0, 0.1) is 0 Å². The van der Waals surface area contributed by atoms with Gasteiger partial charge in [-0.25, -0.2) is 0 Å². The lowest BCUT2D eigenvalue weighted by molar-refractivity contribution is -0.153. The molecular formula is C27H50N2O4. The largest absolute Gasteiger partial charge is 0.459 e. The maximum Gasteiger partial charge on any atom is 0.306 e. The Morgan fingerprint density at radius 2 is 1.42 bits per heavy atom. The van der Waals surface area contributed by atoms with Gasteiger partial charge in [-0.3, -0.25) is 14.5 Å². The molecule has 0 bridgehead atoms. The molecule has 2 fully saturated rings. The Labute approximate surface area is 202 Å². The molecule has 2 rings (SSSR count). The number of ether oxygens (including phenoxy) is 2. The second kappa shape index (κ2) is 18.2. The number of unbranched alkanes of at least 4 members (excludes halogenated alkanes) is 12. The van der Waals surface area contributed by atoms with Gasteiger partial charge in [-0.2, -0.15) is 0 Å². The molecule has 0 radical (unpaired) electrons. The van der Waals surface area contributed by atoms with Gasteiger partial charge in [0, 0.05) is 39.0 Å². The maximum absolute atomic E-state index is 12.5. The van der Waals surface area contributed by atoms with Gasteiger partial charge in [-0.05, 0) is 12.8 Å². The molecule has 0 saturated carbocycles. The van der Waals surface area contributed by atoms with Gasteiger partial charge in [-0.15, -0.1) is 0 Å². The van der Waals surface area contributed by atoms with E-state index in [1.54, 1.807) is 0 Å². The molecule has 0 N–H and O–H groups in total. The van der Waals surface area contributed by atoms with Crippen molar-refractivity contribution in [3.8, 4) is 0 Å². The first-order chi connectivity index (χ1) is 16.2. The fourth-order valence-electron chi connectivity index (χ4n) is 4.88. The van der Waals surface area contributed by atoms with Crippen molar-refractivity contribution in [1.29, 1.82) is 0 Å². The molecule has 2 heterocycles. The molecule has 0 aromatic carbocycles. The summed E-state index contributed by atoms with van der Waals surface area (Å²) < 4.78 is 11.3. The maximum atomic E-state index is 12.5. The number of esters is 1. The predicted octanol–water partition coefficient (Wildman–Crippen LogP) is 5.33. The van der Waals surface area contributed by atoms with Crippen LogP contribution in [0.4, 0.5) is 0 Å². The van der Waals surface area contributed by atoms with E-state index < -0.39 is 0 Å². The van der Waals surface area contributed by atoms with Crippen molar-refractivity contribution in [3.05, 3.63) is 0 Å². The Hall–Kier alpha value is -1.14. The van der Waals surface area contributed by atoms with Gasteiger partial charge in [0.05, 0.1) is 19.8 Å². The summed E-state index contributed by atoms with van der Waals surface area (Å²) in [5.74, 6) is 0.0810. The minimum atomic E-state index is -0.236. The number of morpholine rings is 1. The van der Waals surface area contributed by atoms with E-state index in [1.807, 2.05) is 4.90 Å². The highest BCUT2D eigenvalue weighted by atomic mass is 16.5. The monoisotopic (exact) mass is 466 g/mol. The molecule has 2 saturated heterocycles. The van der Waals surface area contributed by atoms with Crippen LogP contribution in [0.15, 0.2) is 0 Å². The van der Waals surface area contributed by atoms with Crippen molar-refractivity contribution in [2.45, 2.75) is 116 Å². The summed E-state index contributed by atoms with van der Waals surface area (Å²) in [5.41, 5.74) is 0. The number of nitrogens with zero attached hydrogens (tertiary/aromatic N) is 2. The fraction of sp³-hybridized carbons (Fsp3) is 0.926. The lowest BCUT2D eigenvalue weighted by atomic mass is 10.0. The van der Waals surface area contributed by atoms with Gasteiger partial charge in [0.1, 0.15) is 6.10 Å². The van der Waals surface area contributed by atoms with Crippen LogP contribution in [0.3, 0.4) is 0 Å². The summed E-state index contributed by atoms with van der Waals surface area (Å²) in [4.78, 5) is 28.7. The normalized spacial score (nSPS) is 18.1. The molecule has 192 valence electrons. The number of carbonyl (C=O) groups is 2. The predicted molar refractivity (Wildman–Crippen MR) is 133 cm³/mol. The molecule has 0 aromatic heterocycles. The third kappa shape index (κ3) is 13.4. The summed E-state index contributed by atoms with van der Waals surface area (Å²) in [6.45, 7) is 7.45. The lowest BCUT2D eigenvalue weighted by Gasteiger charge is -2.32. The van der Waals surface area contributed by atoms with Gasteiger partial charge in [-0.1, -0.05) is 84.0 Å². The number of likely N-dealkylation sites (tertiary alicyclic amines) is 1. The molecule has 6 nitrogen and oxygen atoms in total. The van der Waals surface area contributed by atoms with Gasteiger partial charge in [0.2, 0.25) is 5.91 Å². The van der Waals surface area contributed by atoms with Crippen LogP contribution >= 0.6 is 0 Å². The van der Waals surface area contributed by atoms with E-state index in [9.17, 15) is 9.59 Å². The minimum absolute atomic E-state index is 0.108. The average molecular weight is 467 g/mol. The molecule has 0 aliphatic carbocycles. The van der Waals surface area contributed by atoms with Crippen LogP contribution < -0.4 is 0 Å². The zero-order chi connectivity index (χ0) is 23.6. The summed E-state index contributed by atoms with van der Waals surface area (Å²) in [6, 6.07) is 0. The molecule has 0 spiro atoms. The lowest BCUT2D eigenvalue weighted by Crippen LogP contribution is -2.46. The van der Waals surface area contributed by atoms with Crippen LogP contribution in [-0.4, -0.2) is 73.7 Å². The van der Waals surface area contributed by atoms with E-state index >= 15 is 0 Å². The Morgan fingerprint density at radius 3 is 1.97 bits per heavy atom. The van der Waals surface area contributed by atoms with E-state index in [1.165, 1.54) is 70.6 Å². The summed E-state index contributed by atoms with van der Waals surface area (Å²) in [6.07, 6.45) is 18.7. The topological polar surface area (TPSA) is 59.1 Å². The van der Waals surface area contributed by atoms with Crippen LogP contribution in [0.25, 0.3) is 0 Å². The number of hydrogen-bond acceptors (Lipinski definition) is 5. The standard InChI is InChI=1S/C27H50N2O4/c1-2-3-4-5-6-7-8-9-10-11-12-13-14-17-27(31)33-25(23-28-19-21-32-22-20-28)24-29-18-15-16-26(29)30/h25H,2-24H2,1H3/t25-/m1/s1. The fourth-order valence-corrected chi connectivity index (χ4v) is 4.88. The quantitative estimate of drug-likeness (QED) is 0.190. The molecule has 1 atom stereocenters. The third-order valence-corrected chi connectivity index (χ3v) is 6.94. The van der Waals surface area contributed by atoms with E-state index in [-0.39, 0.29) is 18.0 Å². The Balaban J connectivity index is 1.52. The first-order valence-electron chi connectivity index (χ1n) is 14.0. The number of carbonyl (C=O) groups excluding carboxylic acids is 2. The van der Waals surface area contributed by atoms with Crippen molar-refractivity contribution in [2.24, 2.45) is 0 Å². The Bertz CT molecular complexity index is 522. The highest BCUT2D eigenvalue weighted by Gasteiger charge is 2.27. The number of rotatable bonds is 19.